The monoisotopic (exact) mass is 386 g/mol. The molecule has 4 bridgehead atoms. The molecule has 0 heterocycles. The van der Waals surface area contributed by atoms with Gasteiger partial charge in [-0.05, 0) is 80.5 Å². The smallest absolute Gasteiger partial charge is 0.338 e. The zero-order valence-electron chi connectivity index (χ0n) is 15.8. The molecule has 4 fully saturated rings. The molecule has 0 radical (unpaired) electrons. The minimum absolute atomic E-state index is 0.0857. The Bertz CT molecular complexity index is 738. The molecule has 4 aliphatic carbocycles. The molecule has 28 heavy (non-hydrogen) atoms. The maximum Gasteiger partial charge on any atom is 0.338 e. The van der Waals surface area contributed by atoms with E-state index in [1.165, 1.54) is 31.4 Å². The van der Waals surface area contributed by atoms with Gasteiger partial charge in [0.2, 0.25) is 0 Å². The number of carbonyl (C=O) groups is 3. The van der Waals surface area contributed by atoms with E-state index >= 15 is 0 Å². The summed E-state index contributed by atoms with van der Waals surface area (Å²) in [5.41, 5.74) is 5.25. The van der Waals surface area contributed by atoms with Crippen molar-refractivity contribution in [3.8, 4) is 5.75 Å². The highest BCUT2D eigenvalue weighted by atomic mass is 16.5. The lowest BCUT2D eigenvalue weighted by molar-refractivity contribution is -0.130. The molecule has 7 nitrogen and oxygen atoms in total. The van der Waals surface area contributed by atoms with Gasteiger partial charge in [0.05, 0.1) is 5.56 Å². The summed E-state index contributed by atoms with van der Waals surface area (Å²) in [6.07, 6.45) is 7.11. The second-order valence-electron chi connectivity index (χ2n) is 8.60. The fourth-order valence-corrected chi connectivity index (χ4v) is 5.65. The number of benzene rings is 1. The molecule has 0 saturated heterocycles. The van der Waals surface area contributed by atoms with Crippen LogP contribution in [0.4, 0.5) is 0 Å². The fourth-order valence-electron chi connectivity index (χ4n) is 5.65. The van der Waals surface area contributed by atoms with Crippen molar-refractivity contribution in [1.29, 1.82) is 0 Å². The molecular weight excluding hydrogens is 360 g/mol. The van der Waals surface area contributed by atoms with Crippen LogP contribution in [0.2, 0.25) is 0 Å². The standard InChI is InChI=1S/C21H26N2O5/c22-18(24)11-27-17-3-1-16(2-4-17)20(26)28-12-19(25)23-21-8-13-5-14(9-21)7-15(6-13)10-21/h1-4,13-15H,5-12H2,(H2,22,24)(H,23,25). The van der Waals surface area contributed by atoms with E-state index in [1.807, 2.05) is 0 Å². The van der Waals surface area contributed by atoms with E-state index in [4.69, 9.17) is 15.2 Å². The number of hydrogen-bond donors (Lipinski definition) is 2. The zero-order valence-corrected chi connectivity index (χ0v) is 15.8. The van der Waals surface area contributed by atoms with E-state index in [2.05, 4.69) is 5.32 Å². The lowest BCUT2D eigenvalue weighted by atomic mass is 9.53. The molecule has 1 aromatic rings. The SMILES string of the molecule is NC(=O)COc1ccc(C(=O)OCC(=O)NC23CC4CC(CC(C4)C2)C3)cc1. The van der Waals surface area contributed by atoms with E-state index in [-0.39, 0.29) is 24.7 Å². The minimum atomic E-state index is -0.575. The number of rotatable bonds is 7. The van der Waals surface area contributed by atoms with Crippen molar-refractivity contribution in [2.75, 3.05) is 13.2 Å². The molecular formula is C21H26N2O5. The van der Waals surface area contributed by atoms with Gasteiger partial charge in [0.25, 0.3) is 11.8 Å². The highest BCUT2D eigenvalue weighted by Gasteiger charge is 2.51. The molecule has 5 rings (SSSR count). The second kappa shape index (κ2) is 7.45. The van der Waals surface area contributed by atoms with Crippen molar-refractivity contribution in [3.63, 3.8) is 0 Å². The topological polar surface area (TPSA) is 108 Å². The molecule has 150 valence electrons. The number of nitrogens with two attached hydrogens (primary N) is 1. The Balaban J connectivity index is 1.26. The predicted molar refractivity (Wildman–Crippen MR) is 100 cm³/mol. The Labute approximate surface area is 163 Å². The van der Waals surface area contributed by atoms with Crippen LogP contribution >= 0.6 is 0 Å². The van der Waals surface area contributed by atoms with Gasteiger partial charge in [-0.1, -0.05) is 0 Å². The van der Waals surface area contributed by atoms with Crippen molar-refractivity contribution < 1.29 is 23.9 Å². The molecule has 2 amide bonds. The third-order valence-electron chi connectivity index (χ3n) is 6.25. The zero-order chi connectivity index (χ0) is 19.7. The molecule has 4 saturated carbocycles. The van der Waals surface area contributed by atoms with Gasteiger partial charge in [-0.15, -0.1) is 0 Å². The average molecular weight is 386 g/mol. The first-order valence-electron chi connectivity index (χ1n) is 9.90. The molecule has 0 atom stereocenters. The highest BCUT2D eigenvalue weighted by Crippen LogP contribution is 2.55. The first-order chi connectivity index (χ1) is 13.4. The number of nitrogens with one attached hydrogen (secondary N) is 1. The lowest BCUT2D eigenvalue weighted by Crippen LogP contribution is -2.60. The number of amides is 2. The summed E-state index contributed by atoms with van der Waals surface area (Å²) in [7, 11) is 0. The summed E-state index contributed by atoms with van der Waals surface area (Å²) >= 11 is 0. The van der Waals surface area contributed by atoms with E-state index in [1.54, 1.807) is 12.1 Å². The average Bonchev–Trinajstić information content (AvgIpc) is 2.63. The van der Waals surface area contributed by atoms with E-state index < -0.39 is 11.9 Å². The van der Waals surface area contributed by atoms with Crippen LogP contribution in [0.5, 0.6) is 5.75 Å². The summed E-state index contributed by atoms with van der Waals surface area (Å²) < 4.78 is 10.3. The van der Waals surface area contributed by atoms with Gasteiger partial charge < -0.3 is 20.5 Å². The molecule has 3 N–H and O–H groups in total. The van der Waals surface area contributed by atoms with Crippen LogP contribution in [-0.4, -0.2) is 36.5 Å². The van der Waals surface area contributed by atoms with Gasteiger partial charge >= 0.3 is 5.97 Å². The van der Waals surface area contributed by atoms with Crippen LogP contribution < -0.4 is 15.8 Å². The first kappa shape index (κ1) is 18.8. The second-order valence-corrected chi connectivity index (χ2v) is 8.60. The van der Waals surface area contributed by atoms with Crippen LogP contribution in [0.25, 0.3) is 0 Å². The van der Waals surface area contributed by atoms with Gasteiger partial charge in [-0.3, -0.25) is 9.59 Å². The number of carbonyl (C=O) groups excluding carboxylic acids is 3. The van der Waals surface area contributed by atoms with Crippen molar-refractivity contribution in [1.82, 2.24) is 5.32 Å². The minimum Gasteiger partial charge on any atom is -0.484 e. The molecule has 7 heteroatoms. The molecule has 0 spiro atoms. The van der Waals surface area contributed by atoms with Gasteiger partial charge in [-0.25, -0.2) is 4.79 Å². The van der Waals surface area contributed by atoms with Crippen molar-refractivity contribution in [3.05, 3.63) is 29.8 Å². The molecule has 0 aliphatic heterocycles. The molecule has 0 unspecified atom stereocenters. The summed E-state index contributed by atoms with van der Waals surface area (Å²) in [5, 5.41) is 3.19. The number of hydrogen-bond acceptors (Lipinski definition) is 5. The Hall–Kier alpha value is -2.57. The first-order valence-corrected chi connectivity index (χ1v) is 9.90. The molecule has 0 aromatic heterocycles. The summed E-state index contributed by atoms with van der Waals surface area (Å²) in [5.74, 6) is 1.28. The van der Waals surface area contributed by atoms with Crippen LogP contribution in [0, 0.1) is 17.8 Å². The van der Waals surface area contributed by atoms with Crippen molar-refractivity contribution in [2.45, 2.75) is 44.1 Å². The summed E-state index contributed by atoms with van der Waals surface area (Å²) in [4.78, 5) is 35.3. The Morgan fingerprint density at radius 3 is 2.07 bits per heavy atom. The van der Waals surface area contributed by atoms with Gasteiger partial charge in [0.1, 0.15) is 5.75 Å². The third-order valence-corrected chi connectivity index (χ3v) is 6.25. The fraction of sp³-hybridized carbons (Fsp3) is 0.571. The van der Waals surface area contributed by atoms with Crippen LogP contribution in [0.15, 0.2) is 24.3 Å². The Morgan fingerprint density at radius 1 is 0.964 bits per heavy atom. The largest absolute Gasteiger partial charge is 0.484 e. The van der Waals surface area contributed by atoms with Crippen LogP contribution in [-0.2, 0) is 14.3 Å². The van der Waals surface area contributed by atoms with Crippen LogP contribution in [0.3, 0.4) is 0 Å². The normalized spacial score (nSPS) is 29.9. The molecule has 4 aliphatic rings. The third kappa shape index (κ3) is 4.13. The lowest BCUT2D eigenvalue weighted by Gasteiger charge is -2.56. The van der Waals surface area contributed by atoms with Crippen molar-refractivity contribution >= 4 is 17.8 Å². The van der Waals surface area contributed by atoms with Gasteiger partial charge in [-0.2, -0.15) is 0 Å². The van der Waals surface area contributed by atoms with E-state index in [0.29, 0.717) is 11.3 Å². The molecule has 1 aromatic carbocycles. The number of primary amides is 1. The highest BCUT2D eigenvalue weighted by molar-refractivity contribution is 5.91. The maximum absolute atomic E-state index is 12.4. The van der Waals surface area contributed by atoms with Crippen LogP contribution in [0.1, 0.15) is 48.9 Å². The number of ether oxygens (including phenoxy) is 2. The quantitative estimate of drug-likeness (QED) is 0.695. The van der Waals surface area contributed by atoms with Gasteiger partial charge in [0, 0.05) is 5.54 Å². The number of esters is 1. The maximum atomic E-state index is 12.4. The van der Waals surface area contributed by atoms with E-state index in [0.717, 1.165) is 37.0 Å². The Morgan fingerprint density at radius 2 is 1.54 bits per heavy atom. The Kier molecular flexibility index (Phi) is 5.00. The summed E-state index contributed by atoms with van der Waals surface area (Å²) in [6, 6.07) is 6.15. The predicted octanol–water partition coefficient (Wildman–Crippen LogP) is 1.79. The summed E-state index contributed by atoms with van der Waals surface area (Å²) in [6.45, 7) is -0.505. The van der Waals surface area contributed by atoms with E-state index in [9.17, 15) is 14.4 Å². The van der Waals surface area contributed by atoms with Gasteiger partial charge in [0.15, 0.2) is 13.2 Å². The van der Waals surface area contributed by atoms with Crippen molar-refractivity contribution in [2.24, 2.45) is 23.5 Å².